The molecule has 0 saturated carbocycles. The Kier molecular flexibility index (Phi) is 3.89. The van der Waals surface area contributed by atoms with Crippen molar-refractivity contribution >= 4 is 22.4 Å². The summed E-state index contributed by atoms with van der Waals surface area (Å²) < 4.78 is 26.3. The number of halogens is 3. The lowest BCUT2D eigenvalue weighted by molar-refractivity contribution is 0.507. The largest absolute Gasteiger partial charge is 0.204 e. The molecule has 0 bridgehead atoms. The Hall–Kier alpha value is -1.93. The maximum absolute atomic E-state index is 13.3. The van der Waals surface area contributed by atoms with Gasteiger partial charge in [0, 0.05) is 0 Å². The van der Waals surface area contributed by atoms with E-state index < -0.39 is 17.0 Å². The highest BCUT2D eigenvalue weighted by atomic mass is 35.5. The van der Waals surface area contributed by atoms with Crippen molar-refractivity contribution in [3.05, 3.63) is 83.4 Å². The summed E-state index contributed by atoms with van der Waals surface area (Å²) in [6.45, 7) is 0. The second kappa shape index (κ2) is 5.82. The number of rotatable bonds is 3. The summed E-state index contributed by atoms with van der Waals surface area (Å²) in [6, 6.07) is 17.9. The van der Waals surface area contributed by atoms with Crippen LogP contribution in [0.3, 0.4) is 0 Å². The van der Waals surface area contributed by atoms with Crippen LogP contribution in [-0.4, -0.2) is 0 Å². The van der Waals surface area contributed by atoms with Crippen molar-refractivity contribution in [1.82, 2.24) is 0 Å². The zero-order chi connectivity index (χ0) is 14.8. The zero-order valence-corrected chi connectivity index (χ0v) is 11.9. The van der Waals surface area contributed by atoms with Gasteiger partial charge < -0.3 is 0 Å². The molecule has 3 heteroatoms. The Morgan fingerprint density at radius 3 is 2.43 bits per heavy atom. The van der Waals surface area contributed by atoms with E-state index in [-0.39, 0.29) is 0 Å². The van der Waals surface area contributed by atoms with Gasteiger partial charge in [-0.25, -0.2) is 8.78 Å². The molecule has 0 radical (unpaired) electrons. The fourth-order valence-electron chi connectivity index (χ4n) is 2.49. The molecule has 0 aliphatic rings. The molecule has 0 saturated heterocycles. The molecule has 0 aliphatic heterocycles. The highest BCUT2D eigenvalue weighted by Gasteiger charge is 2.13. The summed E-state index contributed by atoms with van der Waals surface area (Å²) in [7, 11) is 0. The van der Waals surface area contributed by atoms with Crippen LogP contribution < -0.4 is 0 Å². The molecular weight excluding hydrogens is 290 g/mol. The first kappa shape index (κ1) is 14.0. The third-order valence-corrected chi connectivity index (χ3v) is 3.99. The van der Waals surface area contributed by atoms with Crippen molar-refractivity contribution in [3.8, 4) is 0 Å². The monoisotopic (exact) mass is 302 g/mol. The van der Waals surface area contributed by atoms with Gasteiger partial charge in [-0.2, -0.15) is 0 Å². The molecule has 0 aromatic heterocycles. The second-order valence-corrected chi connectivity index (χ2v) is 5.51. The standard InChI is InChI=1S/C18H13ClF2/c19-16(14-8-9-17(20)18(21)11-14)10-13-6-3-5-12-4-1-2-7-15(12)13/h1-9,11,16H,10H2. The van der Waals surface area contributed by atoms with Gasteiger partial charge in [-0.05, 0) is 40.5 Å². The van der Waals surface area contributed by atoms with Crippen LogP contribution in [0, 0.1) is 11.6 Å². The van der Waals surface area contributed by atoms with Gasteiger partial charge in [-0.3, -0.25) is 0 Å². The van der Waals surface area contributed by atoms with Crippen LogP contribution in [0.1, 0.15) is 16.5 Å². The Morgan fingerprint density at radius 1 is 0.857 bits per heavy atom. The van der Waals surface area contributed by atoms with Crippen LogP contribution in [0.2, 0.25) is 0 Å². The van der Waals surface area contributed by atoms with E-state index >= 15 is 0 Å². The van der Waals surface area contributed by atoms with Gasteiger partial charge >= 0.3 is 0 Å². The lowest BCUT2D eigenvalue weighted by Crippen LogP contribution is -1.98. The molecule has 3 rings (SSSR count). The number of hydrogen-bond acceptors (Lipinski definition) is 0. The van der Waals surface area contributed by atoms with E-state index in [0.29, 0.717) is 12.0 Å². The minimum absolute atomic E-state index is 0.397. The third kappa shape index (κ3) is 2.91. The van der Waals surface area contributed by atoms with E-state index in [2.05, 4.69) is 0 Å². The van der Waals surface area contributed by atoms with Gasteiger partial charge in [0.15, 0.2) is 11.6 Å². The predicted octanol–water partition coefficient (Wildman–Crippen LogP) is 5.64. The average molecular weight is 303 g/mol. The quantitative estimate of drug-likeness (QED) is 0.549. The normalized spacial score (nSPS) is 12.5. The lowest BCUT2D eigenvalue weighted by atomic mass is 9.98. The van der Waals surface area contributed by atoms with E-state index in [0.717, 1.165) is 28.5 Å². The van der Waals surface area contributed by atoms with Crippen LogP contribution >= 0.6 is 11.6 Å². The Morgan fingerprint density at radius 2 is 1.62 bits per heavy atom. The SMILES string of the molecule is Fc1ccc(C(Cl)Cc2cccc3ccccc23)cc1F. The van der Waals surface area contributed by atoms with Crippen molar-refractivity contribution in [2.24, 2.45) is 0 Å². The first-order valence-corrected chi connectivity index (χ1v) is 7.14. The van der Waals surface area contributed by atoms with E-state index in [1.54, 1.807) is 0 Å². The van der Waals surface area contributed by atoms with Crippen molar-refractivity contribution in [1.29, 1.82) is 0 Å². The van der Waals surface area contributed by atoms with Gasteiger partial charge in [-0.15, -0.1) is 11.6 Å². The highest BCUT2D eigenvalue weighted by Crippen LogP contribution is 2.29. The van der Waals surface area contributed by atoms with Crippen LogP contribution in [0.15, 0.2) is 60.7 Å². The van der Waals surface area contributed by atoms with E-state index in [9.17, 15) is 8.78 Å². The number of fused-ring (bicyclic) bond motifs is 1. The lowest BCUT2D eigenvalue weighted by Gasteiger charge is -2.12. The third-order valence-electron chi connectivity index (χ3n) is 3.58. The highest BCUT2D eigenvalue weighted by molar-refractivity contribution is 6.21. The summed E-state index contributed by atoms with van der Waals surface area (Å²) in [5.41, 5.74) is 1.68. The molecule has 0 spiro atoms. The van der Waals surface area contributed by atoms with E-state index in [1.807, 2.05) is 42.5 Å². The number of alkyl halides is 1. The molecule has 1 atom stereocenters. The van der Waals surface area contributed by atoms with E-state index in [4.69, 9.17) is 11.6 Å². The topological polar surface area (TPSA) is 0 Å². The summed E-state index contributed by atoms with van der Waals surface area (Å²) in [6.07, 6.45) is 0.563. The Balaban J connectivity index is 1.92. The van der Waals surface area contributed by atoms with E-state index in [1.165, 1.54) is 6.07 Å². The molecule has 0 aliphatic carbocycles. The number of hydrogen-bond donors (Lipinski definition) is 0. The van der Waals surface area contributed by atoms with Crippen molar-refractivity contribution in [2.75, 3.05) is 0 Å². The molecule has 0 heterocycles. The molecule has 0 N–H and O–H groups in total. The molecule has 0 nitrogen and oxygen atoms in total. The van der Waals surface area contributed by atoms with Gasteiger partial charge in [0.25, 0.3) is 0 Å². The fourth-order valence-corrected chi connectivity index (χ4v) is 2.79. The summed E-state index contributed by atoms with van der Waals surface area (Å²) in [5, 5.41) is 1.88. The van der Waals surface area contributed by atoms with Crippen molar-refractivity contribution in [2.45, 2.75) is 11.8 Å². The van der Waals surface area contributed by atoms with Crippen LogP contribution in [0.25, 0.3) is 10.8 Å². The number of benzene rings is 3. The van der Waals surface area contributed by atoms with Crippen molar-refractivity contribution in [3.63, 3.8) is 0 Å². The van der Waals surface area contributed by atoms with Gasteiger partial charge in [0.05, 0.1) is 5.38 Å². The maximum Gasteiger partial charge on any atom is 0.159 e. The molecule has 1 unspecified atom stereocenters. The van der Waals surface area contributed by atoms with Gasteiger partial charge in [-0.1, -0.05) is 48.5 Å². The molecular formula is C18H13ClF2. The summed E-state index contributed by atoms with van der Waals surface area (Å²) >= 11 is 6.38. The minimum Gasteiger partial charge on any atom is -0.204 e. The van der Waals surface area contributed by atoms with Crippen molar-refractivity contribution < 1.29 is 8.78 Å². The minimum atomic E-state index is -0.865. The average Bonchev–Trinajstić information content (AvgIpc) is 2.50. The molecule has 3 aromatic carbocycles. The zero-order valence-electron chi connectivity index (χ0n) is 11.2. The Labute approximate surface area is 127 Å². The Bertz CT molecular complexity index is 778. The molecule has 106 valence electrons. The van der Waals surface area contributed by atoms with Crippen LogP contribution in [-0.2, 0) is 6.42 Å². The smallest absolute Gasteiger partial charge is 0.159 e. The molecule has 21 heavy (non-hydrogen) atoms. The fraction of sp³-hybridized carbons (Fsp3) is 0.111. The van der Waals surface area contributed by atoms with Gasteiger partial charge in [0.2, 0.25) is 0 Å². The van der Waals surface area contributed by atoms with Crippen LogP contribution in [0.5, 0.6) is 0 Å². The first-order valence-electron chi connectivity index (χ1n) is 6.71. The summed E-state index contributed by atoms with van der Waals surface area (Å²) in [4.78, 5) is 0. The maximum atomic E-state index is 13.3. The second-order valence-electron chi connectivity index (χ2n) is 4.98. The predicted molar refractivity (Wildman–Crippen MR) is 82.6 cm³/mol. The summed E-state index contributed by atoms with van der Waals surface area (Å²) in [5.74, 6) is -1.72. The molecule has 0 fully saturated rings. The van der Waals surface area contributed by atoms with Gasteiger partial charge in [0.1, 0.15) is 0 Å². The molecule has 0 amide bonds. The van der Waals surface area contributed by atoms with Crippen LogP contribution in [0.4, 0.5) is 8.78 Å². The molecule has 3 aromatic rings. The first-order chi connectivity index (χ1) is 10.1.